The highest BCUT2D eigenvalue weighted by Crippen LogP contribution is 2.40. The van der Waals surface area contributed by atoms with Gasteiger partial charge in [0.15, 0.2) is 16.3 Å². The summed E-state index contributed by atoms with van der Waals surface area (Å²) in [5, 5.41) is 2.13. The summed E-state index contributed by atoms with van der Waals surface area (Å²) in [6.45, 7) is 2.06. The van der Waals surface area contributed by atoms with Gasteiger partial charge in [0.1, 0.15) is 0 Å². The van der Waals surface area contributed by atoms with E-state index in [1.165, 1.54) is 11.3 Å². The summed E-state index contributed by atoms with van der Waals surface area (Å²) in [5.74, 6) is 0.644. The number of thiazole rings is 1. The van der Waals surface area contributed by atoms with Crippen molar-refractivity contribution in [2.24, 2.45) is 4.99 Å². The molecule has 0 N–H and O–H groups in total. The van der Waals surface area contributed by atoms with Crippen LogP contribution >= 0.6 is 11.3 Å². The minimum Gasteiger partial charge on any atom is -0.463 e. The number of hydrogen-bond acceptors (Lipinski definition) is 7. The Kier molecular flexibility index (Phi) is 6.24. The van der Waals surface area contributed by atoms with Crippen molar-refractivity contribution in [1.29, 1.82) is 0 Å². The fourth-order valence-electron chi connectivity index (χ4n) is 5.36. The van der Waals surface area contributed by atoms with Crippen LogP contribution in [-0.4, -0.2) is 23.9 Å². The van der Waals surface area contributed by atoms with E-state index in [1.807, 2.05) is 91.0 Å². The number of carbonyl (C=O) groups excluding carboxylic acids is 1. The maximum Gasteiger partial charge on any atom is 0.338 e. The van der Waals surface area contributed by atoms with Gasteiger partial charge in [0.2, 0.25) is 6.79 Å². The molecule has 0 saturated carbocycles. The Bertz CT molecular complexity index is 2040. The first-order valence-electron chi connectivity index (χ1n) is 13.3. The van der Waals surface area contributed by atoms with E-state index in [2.05, 4.69) is 0 Å². The molecule has 0 saturated heterocycles. The predicted molar refractivity (Wildman–Crippen MR) is 158 cm³/mol. The molecule has 4 aromatic carbocycles. The molecule has 1 atom stereocenters. The van der Waals surface area contributed by atoms with Crippen LogP contribution in [0.1, 0.15) is 29.7 Å². The zero-order valence-corrected chi connectivity index (χ0v) is 22.9. The summed E-state index contributed by atoms with van der Waals surface area (Å²) in [7, 11) is 0. The van der Waals surface area contributed by atoms with Crippen LogP contribution in [0.4, 0.5) is 0 Å². The number of carbonyl (C=O) groups is 1. The Labute approximate surface area is 238 Å². The SMILES string of the molecule is CCOC(=O)C1=C(c2ccccc2)N=c2s/c(=C\c3cccc4ccccc34)c(=O)n2C1c1ccc2c(c1)OCO2. The third-order valence-electron chi connectivity index (χ3n) is 7.20. The summed E-state index contributed by atoms with van der Waals surface area (Å²) in [4.78, 5) is 33.3. The van der Waals surface area contributed by atoms with Crippen LogP contribution in [0.15, 0.2) is 106 Å². The van der Waals surface area contributed by atoms with Crippen molar-refractivity contribution in [3.63, 3.8) is 0 Å². The van der Waals surface area contributed by atoms with Crippen LogP contribution in [0.3, 0.4) is 0 Å². The molecule has 0 fully saturated rings. The molecule has 7 rings (SSSR count). The molecule has 8 heteroatoms. The summed E-state index contributed by atoms with van der Waals surface area (Å²) in [6, 6.07) is 28.3. The van der Waals surface area contributed by atoms with Crippen molar-refractivity contribution in [3.05, 3.63) is 133 Å². The minimum absolute atomic E-state index is 0.114. The summed E-state index contributed by atoms with van der Waals surface area (Å²) in [5.41, 5.74) is 2.91. The molecule has 0 amide bonds. The third kappa shape index (κ3) is 4.33. The normalized spacial score (nSPS) is 16.0. The number of nitrogens with zero attached hydrogens (tertiary/aromatic N) is 2. The number of hydrogen-bond donors (Lipinski definition) is 0. The van der Waals surface area contributed by atoms with Gasteiger partial charge in [-0.1, -0.05) is 90.2 Å². The van der Waals surface area contributed by atoms with Crippen LogP contribution < -0.4 is 24.4 Å². The van der Waals surface area contributed by atoms with E-state index in [0.717, 1.165) is 21.9 Å². The summed E-state index contributed by atoms with van der Waals surface area (Å²) in [6.07, 6.45) is 1.90. The Balaban J connectivity index is 1.52. The van der Waals surface area contributed by atoms with Gasteiger partial charge in [0.25, 0.3) is 5.56 Å². The Morgan fingerprint density at radius 1 is 1.00 bits per heavy atom. The van der Waals surface area contributed by atoms with Crippen LogP contribution in [-0.2, 0) is 9.53 Å². The van der Waals surface area contributed by atoms with Gasteiger partial charge in [0.05, 0.1) is 28.5 Å². The van der Waals surface area contributed by atoms with E-state index >= 15 is 0 Å². The number of esters is 1. The van der Waals surface area contributed by atoms with E-state index < -0.39 is 12.0 Å². The van der Waals surface area contributed by atoms with E-state index in [9.17, 15) is 9.59 Å². The van der Waals surface area contributed by atoms with E-state index in [1.54, 1.807) is 17.6 Å². The van der Waals surface area contributed by atoms with Crippen molar-refractivity contribution < 1.29 is 19.0 Å². The highest BCUT2D eigenvalue weighted by molar-refractivity contribution is 7.07. The number of benzene rings is 4. The molecule has 5 aromatic rings. The second-order valence-electron chi connectivity index (χ2n) is 9.61. The van der Waals surface area contributed by atoms with E-state index in [-0.39, 0.29) is 19.0 Å². The third-order valence-corrected chi connectivity index (χ3v) is 8.18. The van der Waals surface area contributed by atoms with Gasteiger partial charge in [-0.15, -0.1) is 0 Å². The minimum atomic E-state index is -0.787. The lowest BCUT2D eigenvalue weighted by Gasteiger charge is -2.26. The van der Waals surface area contributed by atoms with Gasteiger partial charge in [0, 0.05) is 5.56 Å². The standard InChI is InChI=1S/C33H24N2O5S/c1-2-38-32(37)28-29(21-10-4-3-5-11-21)34-33-35(30(28)23-15-16-25-26(17-23)40-19-39-25)31(36)27(41-33)18-22-13-8-12-20-9-6-7-14-24(20)22/h3-18,30H,2,19H2,1H3/b27-18-. The molecule has 41 heavy (non-hydrogen) atoms. The maximum atomic E-state index is 14.2. The van der Waals surface area contributed by atoms with Gasteiger partial charge in [-0.3, -0.25) is 9.36 Å². The molecule has 2 aliphatic rings. The largest absolute Gasteiger partial charge is 0.463 e. The molecule has 7 nitrogen and oxygen atoms in total. The van der Waals surface area contributed by atoms with Crippen LogP contribution in [0.5, 0.6) is 11.5 Å². The van der Waals surface area contributed by atoms with Gasteiger partial charge < -0.3 is 14.2 Å². The highest BCUT2D eigenvalue weighted by atomic mass is 32.1. The van der Waals surface area contributed by atoms with Gasteiger partial charge >= 0.3 is 5.97 Å². The first kappa shape index (κ1) is 25.0. The molecule has 0 spiro atoms. The molecule has 1 unspecified atom stereocenters. The lowest BCUT2D eigenvalue weighted by atomic mass is 9.93. The molecule has 0 aliphatic carbocycles. The lowest BCUT2D eigenvalue weighted by molar-refractivity contribution is -0.138. The average Bonchev–Trinajstić information content (AvgIpc) is 3.60. The fourth-order valence-corrected chi connectivity index (χ4v) is 6.35. The van der Waals surface area contributed by atoms with Crippen molar-refractivity contribution in [1.82, 2.24) is 4.57 Å². The zero-order valence-electron chi connectivity index (χ0n) is 22.1. The van der Waals surface area contributed by atoms with Gasteiger partial charge in [-0.25, -0.2) is 9.79 Å². The lowest BCUT2D eigenvalue weighted by Crippen LogP contribution is -2.40. The summed E-state index contributed by atoms with van der Waals surface area (Å²) < 4.78 is 18.8. The first-order valence-corrected chi connectivity index (χ1v) is 14.1. The Morgan fingerprint density at radius 3 is 2.63 bits per heavy atom. The monoisotopic (exact) mass is 560 g/mol. The summed E-state index contributed by atoms with van der Waals surface area (Å²) >= 11 is 1.30. The van der Waals surface area contributed by atoms with Gasteiger partial charge in [-0.05, 0) is 47.0 Å². The molecular formula is C33H24N2O5S. The zero-order chi connectivity index (χ0) is 27.9. The smallest absolute Gasteiger partial charge is 0.338 e. The molecule has 2 aliphatic heterocycles. The Hall–Kier alpha value is -4.95. The quantitative estimate of drug-likeness (QED) is 0.288. The topological polar surface area (TPSA) is 79.1 Å². The fraction of sp³-hybridized carbons (Fsp3) is 0.121. The number of aromatic nitrogens is 1. The second kappa shape index (κ2) is 10.2. The van der Waals surface area contributed by atoms with Gasteiger partial charge in [-0.2, -0.15) is 0 Å². The average molecular weight is 561 g/mol. The predicted octanol–water partition coefficient (Wildman–Crippen LogP) is 4.82. The van der Waals surface area contributed by atoms with Crippen LogP contribution in [0, 0.1) is 0 Å². The van der Waals surface area contributed by atoms with Crippen molar-refractivity contribution in [2.75, 3.05) is 13.4 Å². The maximum absolute atomic E-state index is 14.2. The highest BCUT2D eigenvalue weighted by Gasteiger charge is 2.36. The van der Waals surface area contributed by atoms with E-state index in [0.29, 0.717) is 37.7 Å². The molecule has 0 bridgehead atoms. The number of ether oxygens (including phenoxy) is 3. The Morgan fingerprint density at radius 2 is 1.78 bits per heavy atom. The van der Waals surface area contributed by atoms with E-state index in [4.69, 9.17) is 19.2 Å². The van der Waals surface area contributed by atoms with Crippen molar-refractivity contribution in [2.45, 2.75) is 13.0 Å². The van der Waals surface area contributed by atoms with Crippen LogP contribution in [0.2, 0.25) is 0 Å². The first-order chi connectivity index (χ1) is 20.1. The second-order valence-corrected chi connectivity index (χ2v) is 10.6. The van der Waals surface area contributed by atoms with Crippen molar-refractivity contribution >= 4 is 39.9 Å². The molecule has 202 valence electrons. The molecule has 0 radical (unpaired) electrons. The van der Waals surface area contributed by atoms with Crippen LogP contribution in [0.25, 0.3) is 22.5 Å². The number of rotatable bonds is 5. The molecular weight excluding hydrogens is 536 g/mol. The number of fused-ring (bicyclic) bond motifs is 3. The van der Waals surface area contributed by atoms with Crippen molar-refractivity contribution in [3.8, 4) is 11.5 Å². The molecule has 3 heterocycles. The molecule has 1 aromatic heterocycles.